The number of nitrogens with zero attached hydrogens (tertiary/aromatic N) is 1. The summed E-state index contributed by atoms with van der Waals surface area (Å²) >= 11 is 0. The lowest BCUT2D eigenvalue weighted by Gasteiger charge is -2.24. The quantitative estimate of drug-likeness (QED) is 0.862. The van der Waals surface area contributed by atoms with E-state index in [9.17, 15) is 4.79 Å². The van der Waals surface area contributed by atoms with E-state index >= 15 is 0 Å². The second-order valence-corrected chi connectivity index (χ2v) is 4.72. The van der Waals surface area contributed by atoms with Crippen LogP contribution in [0.1, 0.15) is 28.8 Å². The van der Waals surface area contributed by atoms with Gasteiger partial charge < -0.3 is 10.2 Å². The van der Waals surface area contributed by atoms with Gasteiger partial charge in [0.1, 0.15) is 0 Å². The highest BCUT2D eigenvalue weighted by Crippen LogP contribution is 2.19. The number of carbonyl (C=O) groups excluding carboxylic acids is 1. The molecule has 1 amide bonds. The fraction of sp³-hybridized carbons (Fsp3) is 0.500. The topological polar surface area (TPSA) is 32.3 Å². The summed E-state index contributed by atoms with van der Waals surface area (Å²) in [5.41, 5.74) is 1.99. The van der Waals surface area contributed by atoms with Gasteiger partial charge >= 0.3 is 0 Å². The van der Waals surface area contributed by atoms with Crippen molar-refractivity contribution in [2.75, 3.05) is 20.1 Å². The third-order valence-corrected chi connectivity index (χ3v) is 3.38. The van der Waals surface area contributed by atoms with Gasteiger partial charge in [-0.25, -0.2) is 0 Å². The van der Waals surface area contributed by atoms with Crippen molar-refractivity contribution < 1.29 is 4.79 Å². The highest BCUT2D eigenvalue weighted by atomic mass is 16.2. The molecular weight excluding hydrogens is 212 g/mol. The van der Waals surface area contributed by atoms with Crippen molar-refractivity contribution in [3.8, 4) is 0 Å². The fourth-order valence-corrected chi connectivity index (χ4v) is 2.41. The predicted octanol–water partition coefficient (Wildman–Crippen LogP) is 1.82. The molecule has 3 nitrogen and oxygen atoms in total. The maximum absolute atomic E-state index is 12.3. The number of carbonyl (C=O) groups is 1. The molecule has 0 spiro atoms. The molecule has 1 heterocycles. The molecule has 0 aliphatic carbocycles. The fourth-order valence-electron chi connectivity index (χ4n) is 2.41. The van der Waals surface area contributed by atoms with E-state index in [0.717, 1.165) is 31.5 Å². The molecule has 1 fully saturated rings. The molecule has 17 heavy (non-hydrogen) atoms. The minimum Gasteiger partial charge on any atom is -0.334 e. The lowest BCUT2D eigenvalue weighted by Crippen LogP contribution is -2.40. The summed E-state index contributed by atoms with van der Waals surface area (Å²) in [5, 5.41) is 3.16. The molecular formula is C14H20N2O. The summed E-state index contributed by atoms with van der Waals surface area (Å²) in [4.78, 5) is 14.3. The van der Waals surface area contributed by atoms with Crippen LogP contribution >= 0.6 is 0 Å². The van der Waals surface area contributed by atoms with Gasteiger partial charge in [-0.2, -0.15) is 0 Å². The average Bonchev–Trinajstić information content (AvgIpc) is 2.78. The monoisotopic (exact) mass is 232 g/mol. The van der Waals surface area contributed by atoms with E-state index in [1.54, 1.807) is 0 Å². The number of likely N-dealkylation sites (tertiary alicyclic amines) is 1. The highest BCUT2D eigenvalue weighted by Gasteiger charge is 2.28. The second-order valence-electron chi connectivity index (χ2n) is 4.72. The Morgan fingerprint density at radius 1 is 1.41 bits per heavy atom. The van der Waals surface area contributed by atoms with Gasteiger partial charge in [-0.15, -0.1) is 0 Å². The first-order valence-electron chi connectivity index (χ1n) is 6.24. The molecule has 1 atom stereocenters. The minimum absolute atomic E-state index is 0.169. The Kier molecular flexibility index (Phi) is 3.79. The van der Waals surface area contributed by atoms with Crippen LogP contribution in [-0.2, 0) is 0 Å². The van der Waals surface area contributed by atoms with Gasteiger partial charge in [0.15, 0.2) is 0 Å². The summed E-state index contributed by atoms with van der Waals surface area (Å²) in [7, 11) is 1.94. The van der Waals surface area contributed by atoms with E-state index in [4.69, 9.17) is 0 Å². The molecule has 0 radical (unpaired) electrons. The van der Waals surface area contributed by atoms with Crippen molar-refractivity contribution in [3.63, 3.8) is 0 Å². The first-order chi connectivity index (χ1) is 8.22. The zero-order valence-electron chi connectivity index (χ0n) is 10.6. The Hall–Kier alpha value is -1.35. The molecule has 0 saturated carbocycles. The SMILES string of the molecule is CNC[C@@H]1CCCN1C(=O)c1ccc(C)cc1. The molecule has 1 saturated heterocycles. The first-order valence-corrected chi connectivity index (χ1v) is 6.24. The van der Waals surface area contributed by atoms with Gasteiger partial charge in [-0.05, 0) is 38.9 Å². The predicted molar refractivity (Wildman–Crippen MR) is 69.2 cm³/mol. The molecule has 0 bridgehead atoms. The maximum atomic E-state index is 12.3. The van der Waals surface area contributed by atoms with E-state index in [-0.39, 0.29) is 5.91 Å². The lowest BCUT2D eigenvalue weighted by atomic mass is 10.1. The Balaban J connectivity index is 2.11. The zero-order chi connectivity index (χ0) is 12.3. The molecule has 2 rings (SSSR count). The molecule has 1 aromatic carbocycles. The number of aryl methyl sites for hydroxylation is 1. The maximum Gasteiger partial charge on any atom is 0.254 e. The van der Waals surface area contributed by atoms with E-state index in [1.807, 2.05) is 43.1 Å². The Morgan fingerprint density at radius 2 is 2.12 bits per heavy atom. The molecule has 0 aromatic heterocycles. The average molecular weight is 232 g/mol. The third-order valence-electron chi connectivity index (χ3n) is 3.38. The van der Waals surface area contributed by atoms with E-state index in [0.29, 0.717) is 6.04 Å². The van der Waals surface area contributed by atoms with Crippen LogP contribution in [0.2, 0.25) is 0 Å². The molecule has 1 aromatic rings. The van der Waals surface area contributed by atoms with E-state index < -0.39 is 0 Å². The van der Waals surface area contributed by atoms with Crippen molar-refractivity contribution in [1.82, 2.24) is 10.2 Å². The smallest absolute Gasteiger partial charge is 0.254 e. The highest BCUT2D eigenvalue weighted by molar-refractivity contribution is 5.94. The number of likely N-dealkylation sites (N-methyl/N-ethyl adjacent to an activating group) is 1. The van der Waals surface area contributed by atoms with E-state index in [2.05, 4.69) is 5.32 Å². The van der Waals surface area contributed by atoms with Crippen molar-refractivity contribution >= 4 is 5.91 Å². The van der Waals surface area contributed by atoms with Gasteiger partial charge in [-0.3, -0.25) is 4.79 Å². The van der Waals surface area contributed by atoms with E-state index in [1.165, 1.54) is 5.56 Å². The Morgan fingerprint density at radius 3 is 2.76 bits per heavy atom. The van der Waals surface area contributed by atoms with Crippen molar-refractivity contribution in [3.05, 3.63) is 35.4 Å². The summed E-state index contributed by atoms with van der Waals surface area (Å²) in [5.74, 6) is 0.169. The van der Waals surface area contributed by atoms with Crippen LogP contribution in [0.5, 0.6) is 0 Å². The third kappa shape index (κ3) is 2.67. The summed E-state index contributed by atoms with van der Waals surface area (Å²) < 4.78 is 0. The van der Waals surface area contributed by atoms with Crippen LogP contribution in [0.25, 0.3) is 0 Å². The van der Waals surface area contributed by atoms with Gasteiger partial charge in [0.25, 0.3) is 5.91 Å². The van der Waals surface area contributed by atoms with Gasteiger partial charge in [0.2, 0.25) is 0 Å². The largest absolute Gasteiger partial charge is 0.334 e. The number of rotatable bonds is 3. The summed E-state index contributed by atoms with van der Waals surface area (Å²) in [6.07, 6.45) is 2.22. The van der Waals surface area contributed by atoms with Crippen LogP contribution in [0.15, 0.2) is 24.3 Å². The number of hydrogen-bond acceptors (Lipinski definition) is 2. The number of amides is 1. The standard InChI is InChI=1S/C14H20N2O/c1-11-5-7-12(8-6-11)14(17)16-9-3-4-13(16)10-15-2/h5-8,13,15H,3-4,9-10H2,1-2H3/t13-/m0/s1. The molecule has 1 aliphatic rings. The minimum atomic E-state index is 0.169. The molecule has 1 N–H and O–H groups in total. The zero-order valence-corrected chi connectivity index (χ0v) is 10.6. The summed E-state index contributed by atoms with van der Waals surface area (Å²) in [6.45, 7) is 3.81. The number of hydrogen-bond donors (Lipinski definition) is 1. The van der Waals surface area contributed by atoms with Gasteiger partial charge in [0.05, 0.1) is 0 Å². The first kappa shape index (κ1) is 12.1. The lowest BCUT2D eigenvalue weighted by molar-refractivity contribution is 0.0737. The summed E-state index contributed by atoms with van der Waals surface area (Å²) in [6, 6.07) is 8.19. The van der Waals surface area contributed by atoms with Crippen molar-refractivity contribution in [2.45, 2.75) is 25.8 Å². The number of nitrogens with one attached hydrogen (secondary N) is 1. The Labute approximate surface area is 103 Å². The van der Waals surface area contributed by atoms with Gasteiger partial charge in [0, 0.05) is 24.7 Å². The molecule has 3 heteroatoms. The van der Waals surface area contributed by atoms with Crippen LogP contribution < -0.4 is 5.32 Å². The Bertz CT molecular complexity index is 386. The normalized spacial score (nSPS) is 19.6. The van der Waals surface area contributed by atoms with Crippen LogP contribution in [0, 0.1) is 6.92 Å². The van der Waals surface area contributed by atoms with Crippen molar-refractivity contribution in [1.29, 1.82) is 0 Å². The van der Waals surface area contributed by atoms with Crippen molar-refractivity contribution in [2.24, 2.45) is 0 Å². The van der Waals surface area contributed by atoms with Gasteiger partial charge in [-0.1, -0.05) is 17.7 Å². The van der Waals surface area contributed by atoms with Crippen LogP contribution in [0.4, 0.5) is 0 Å². The second kappa shape index (κ2) is 5.32. The molecule has 0 unspecified atom stereocenters. The number of benzene rings is 1. The molecule has 92 valence electrons. The van der Waals surface area contributed by atoms with Crippen LogP contribution in [-0.4, -0.2) is 37.0 Å². The molecule has 1 aliphatic heterocycles. The van der Waals surface area contributed by atoms with Crippen LogP contribution in [0.3, 0.4) is 0 Å².